The Hall–Kier alpha value is -1.13. The molecule has 1 aromatic rings. The molecule has 1 heterocycles. The average Bonchev–Trinajstić information content (AvgIpc) is 2.63. The topological polar surface area (TPSA) is 18.5 Å². The second-order valence-electron chi connectivity index (χ2n) is 8.01. The number of nitrogens with zero attached hydrogens (tertiary/aromatic N) is 2. The SMILES string of the molecule is Cc1ccc(NC(=S)N2CCC(N(C)[C@H]3CCCC[C@H]3C)CC2)cc1. The lowest BCUT2D eigenvalue weighted by atomic mass is 9.84. The summed E-state index contributed by atoms with van der Waals surface area (Å²) in [5.41, 5.74) is 2.36. The summed E-state index contributed by atoms with van der Waals surface area (Å²) in [6.45, 7) is 6.67. The van der Waals surface area contributed by atoms with E-state index in [0.717, 1.165) is 35.8 Å². The van der Waals surface area contributed by atoms with E-state index in [1.165, 1.54) is 44.1 Å². The predicted molar refractivity (Wildman–Crippen MR) is 111 cm³/mol. The quantitative estimate of drug-likeness (QED) is 0.790. The number of benzene rings is 1. The van der Waals surface area contributed by atoms with Crippen molar-refractivity contribution in [3.8, 4) is 0 Å². The van der Waals surface area contributed by atoms with Crippen molar-refractivity contribution < 1.29 is 0 Å². The van der Waals surface area contributed by atoms with Crippen LogP contribution in [0.1, 0.15) is 51.0 Å². The Bertz CT molecular complexity index is 563. The molecule has 1 aliphatic heterocycles. The van der Waals surface area contributed by atoms with Gasteiger partial charge in [-0.25, -0.2) is 0 Å². The second-order valence-corrected chi connectivity index (χ2v) is 8.40. The van der Waals surface area contributed by atoms with Crippen molar-refractivity contribution in [1.29, 1.82) is 0 Å². The zero-order valence-corrected chi connectivity index (χ0v) is 16.8. The van der Waals surface area contributed by atoms with Gasteiger partial charge in [-0.3, -0.25) is 0 Å². The first-order valence-corrected chi connectivity index (χ1v) is 10.3. The van der Waals surface area contributed by atoms with Crippen LogP contribution in [0.15, 0.2) is 24.3 Å². The molecule has 3 rings (SSSR count). The Morgan fingerprint density at radius 1 is 1.08 bits per heavy atom. The molecule has 1 saturated carbocycles. The summed E-state index contributed by atoms with van der Waals surface area (Å²) >= 11 is 5.64. The van der Waals surface area contributed by atoms with E-state index in [9.17, 15) is 0 Å². The standard InChI is InChI=1S/C21H33N3S/c1-16-8-10-18(11-9-16)22-21(25)24-14-12-19(13-15-24)23(3)20-7-5-4-6-17(20)2/h8-11,17,19-20H,4-7,12-15H2,1-3H3,(H,22,25)/t17-,20+/m1/s1. The van der Waals surface area contributed by atoms with Crippen molar-refractivity contribution in [2.24, 2.45) is 5.92 Å². The molecule has 1 aliphatic carbocycles. The van der Waals surface area contributed by atoms with E-state index in [0.29, 0.717) is 6.04 Å². The van der Waals surface area contributed by atoms with E-state index in [1.807, 2.05) is 0 Å². The Morgan fingerprint density at radius 2 is 1.72 bits per heavy atom. The van der Waals surface area contributed by atoms with Crippen LogP contribution in [0.2, 0.25) is 0 Å². The molecule has 0 unspecified atom stereocenters. The Morgan fingerprint density at radius 3 is 2.36 bits per heavy atom. The van der Waals surface area contributed by atoms with Crippen LogP contribution >= 0.6 is 12.2 Å². The molecule has 2 aliphatic rings. The van der Waals surface area contributed by atoms with Crippen LogP contribution in [0.5, 0.6) is 0 Å². The van der Waals surface area contributed by atoms with Gasteiger partial charge < -0.3 is 15.1 Å². The van der Waals surface area contributed by atoms with Gasteiger partial charge in [-0.1, -0.05) is 37.5 Å². The highest BCUT2D eigenvalue weighted by Crippen LogP contribution is 2.30. The number of piperidine rings is 1. The third-order valence-electron chi connectivity index (χ3n) is 6.22. The van der Waals surface area contributed by atoms with Gasteiger partial charge in [0.15, 0.2) is 5.11 Å². The highest BCUT2D eigenvalue weighted by atomic mass is 32.1. The number of anilines is 1. The molecule has 25 heavy (non-hydrogen) atoms. The van der Waals surface area contributed by atoms with E-state index in [-0.39, 0.29) is 0 Å². The number of thiocarbonyl (C=S) groups is 1. The summed E-state index contributed by atoms with van der Waals surface area (Å²) in [5.74, 6) is 0.848. The van der Waals surface area contributed by atoms with Gasteiger partial charge in [0.2, 0.25) is 0 Å². The first-order valence-electron chi connectivity index (χ1n) is 9.89. The molecule has 1 saturated heterocycles. The summed E-state index contributed by atoms with van der Waals surface area (Å²) in [6, 6.07) is 9.95. The van der Waals surface area contributed by atoms with Crippen LogP contribution in [0.25, 0.3) is 0 Å². The maximum Gasteiger partial charge on any atom is 0.173 e. The van der Waals surface area contributed by atoms with Crippen molar-refractivity contribution >= 4 is 23.0 Å². The Balaban J connectivity index is 1.49. The largest absolute Gasteiger partial charge is 0.349 e. The number of rotatable bonds is 3. The van der Waals surface area contributed by atoms with E-state index in [2.05, 4.69) is 60.3 Å². The predicted octanol–water partition coefficient (Wildman–Crippen LogP) is 4.67. The Kier molecular flexibility index (Phi) is 6.34. The molecular weight excluding hydrogens is 326 g/mol. The van der Waals surface area contributed by atoms with Gasteiger partial charge in [-0.2, -0.15) is 0 Å². The first kappa shape index (κ1) is 18.7. The van der Waals surface area contributed by atoms with E-state index < -0.39 is 0 Å². The third kappa shape index (κ3) is 4.73. The van der Waals surface area contributed by atoms with Gasteiger partial charge in [0, 0.05) is 30.9 Å². The summed E-state index contributed by atoms with van der Waals surface area (Å²) in [4.78, 5) is 5.03. The molecule has 0 radical (unpaired) electrons. The fraction of sp³-hybridized carbons (Fsp3) is 0.667. The highest BCUT2D eigenvalue weighted by Gasteiger charge is 2.31. The molecule has 1 N–H and O–H groups in total. The summed E-state index contributed by atoms with van der Waals surface area (Å²) in [5, 5.41) is 4.27. The smallest absolute Gasteiger partial charge is 0.173 e. The highest BCUT2D eigenvalue weighted by molar-refractivity contribution is 7.80. The molecular formula is C21H33N3S. The summed E-state index contributed by atoms with van der Waals surface area (Å²) in [7, 11) is 2.36. The van der Waals surface area contributed by atoms with Crippen molar-refractivity contribution in [3.63, 3.8) is 0 Å². The van der Waals surface area contributed by atoms with Crippen LogP contribution in [0.3, 0.4) is 0 Å². The summed E-state index contributed by atoms with van der Waals surface area (Å²) < 4.78 is 0. The van der Waals surface area contributed by atoms with Gasteiger partial charge in [0.05, 0.1) is 0 Å². The number of hydrogen-bond donors (Lipinski definition) is 1. The molecule has 0 aromatic heterocycles. The van der Waals surface area contributed by atoms with Gasteiger partial charge in [0.25, 0.3) is 0 Å². The lowest BCUT2D eigenvalue weighted by molar-refractivity contribution is 0.0691. The molecule has 0 spiro atoms. The molecule has 1 aromatic carbocycles. The van der Waals surface area contributed by atoms with E-state index >= 15 is 0 Å². The maximum absolute atomic E-state index is 5.64. The molecule has 0 bridgehead atoms. The van der Waals surface area contributed by atoms with E-state index in [4.69, 9.17) is 12.2 Å². The zero-order chi connectivity index (χ0) is 17.8. The third-order valence-corrected chi connectivity index (χ3v) is 6.58. The van der Waals surface area contributed by atoms with Crippen molar-refractivity contribution in [2.75, 3.05) is 25.5 Å². The van der Waals surface area contributed by atoms with Crippen LogP contribution in [-0.4, -0.2) is 47.1 Å². The monoisotopic (exact) mass is 359 g/mol. The van der Waals surface area contributed by atoms with Crippen molar-refractivity contribution in [1.82, 2.24) is 9.80 Å². The minimum absolute atomic E-state index is 0.712. The van der Waals surface area contributed by atoms with Crippen LogP contribution in [0, 0.1) is 12.8 Å². The molecule has 2 atom stereocenters. The number of hydrogen-bond acceptors (Lipinski definition) is 2. The Labute approximate surface area is 158 Å². The molecule has 138 valence electrons. The lowest BCUT2D eigenvalue weighted by Gasteiger charge is -2.44. The average molecular weight is 360 g/mol. The van der Waals surface area contributed by atoms with Crippen molar-refractivity contribution in [2.45, 2.75) is 64.5 Å². The molecule has 3 nitrogen and oxygen atoms in total. The molecule has 4 heteroatoms. The fourth-order valence-corrected chi connectivity index (χ4v) is 4.79. The van der Waals surface area contributed by atoms with Crippen LogP contribution in [0.4, 0.5) is 5.69 Å². The van der Waals surface area contributed by atoms with Gasteiger partial charge >= 0.3 is 0 Å². The van der Waals surface area contributed by atoms with Crippen molar-refractivity contribution in [3.05, 3.63) is 29.8 Å². The van der Waals surface area contributed by atoms with Gasteiger partial charge in [-0.05, 0) is 69.9 Å². The zero-order valence-electron chi connectivity index (χ0n) is 16.0. The maximum atomic E-state index is 5.64. The van der Waals surface area contributed by atoms with Gasteiger partial charge in [-0.15, -0.1) is 0 Å². The minimum atomic E-state index is 0.712. The number of nitrogens with one attached hydrogen (secondary N) is 1. The first-order chi connectivity index (χ1) is 12.0. The van der Waals surface area contributed by atoms with Gasteiger partial charge in [0.1, 0.15) is 0 Å². The van der Waals surface area contributed by atoms with Crippen LogP contribution < -0.4 is 5.32 Å². The second kappa shape index (κ2) is 8.50. The number of likely N-dealkylation sites (tertiary alicyclic amines) is 1. The lowest BCUT2D eigenvalue weighted by Crippen LogP contribution is -2.51. The van der Waals surface area contributed by atoms with Crippen LogP contribution in [-0.2, 0) is 0 Å². The molecule has 2 fully saturated rings. The number of aryl methyl sites for hydroxylation is 1. The van der Waals surface area contributed by atoms with E-state index in [1.54, 1.807) is 0 Å². The fourth-order valence-electron chi connectivity index (χ4n) is 4.49. The summed E-state index contributed by atoms with van der Waals surface area (Å²) in [6.07, 6.45) is 8.04. The minimum Gasteiger partial charge on any atom is -0.349 e. The molecule has 0 amide bonds. The normalized spacial score (nSPS) is 25.2.